The van der Waals surface area contributed by atoms with E-state index in [1.54, 1.807) is 43.3 Å². The number of sulfonamides is 1. The molecule has 10 heteroatoms. The van der Waals surface area contributed by atoms with Gasteiger partial charge in [0.2, 0.25) is 0 Å². The molecule has 0 aliphatic heterocycles. The Morgan fingerprint density at radius 1 is 0.939 bits per heavy atom. The molecule has 3 aromatic rings. The van der Waals surface area contributed by atoms with Gasteiger partial charge in [-0.3, -0.25) is 9.52 Å². The lowest BCUT2D eigenvalue weighted by atomic mass is 10.2. The van der Waals surface area contributed by atoms with Gasteiger partial charge < -0.3 is 10.1 Å². The topological polar surface area (TPSA) is 84.5 Å². The van der Waals surface area contributed by atoms with Crippen LogP contribution in [0.5, 0.6) is 5.75 Å². The van der Waals surface area contributed by atoms with Crippen molar-refractivity contribution in [3.8, 4) is 5.75 Å². The standard InChI is InChI=1S/C23H21F3N2O4S/c1-16-4-2-3-5-21(16)28-33(30,31)20-12-8-18(9-13-20)22(29)27-14-17-6-10-19(11-7-17)32-15-23(24,25)26/h2-13,28H,14-15H2,1H3,(H,27,29). The van der Waals surface area contributed by atoms with Crippen molar-refractivity contribution in [1.29, 1.82) is 0 Å². The molecule has 0 bridgehead atoms. The molecular weight excluding hydrogens is 457 g/mol. The van der Waals surface area contributed by atoms with Crippen molar-refractivity contribution < 1.29 is 31.1 Å². The van der Waals surface area contributed by atoms with Crippen LogP contribution < -0.4 is 14.8 Å². The van der Waals surface area contributed by atoms with E-state index < -0.39 is 28.7 Å². The maximum Gasteiger partial charge on any atom is 0.422 e. The van der Waals surface area contributed by atoms with Crippen LogP contribution in [0.15, 0.2) is 77.7 Å². The summed E-state index contributed by atoms with van der Waals surface area (Å²) >= 11 is 0. The molecule has 0 fully saturated rings. The molecule has 0 spiro atoms. The van der Waals surface area contributed by atoms with Gasteiger partial charge in [-0.25, -0.2) is 8.42 Å². The summed E-state index contributed by atoms with van der Waals surface area (Å²) in [4.78, 5) is 12.4. The summed E-state index contributed by atoms with van der Waals surface area (Å²) in [6.45, 7) is 0.539. The molecule has 0 atom stereocenters. The third-order valence-corrected chi connectivity index (χ3v) is 5.98. The number of carbonyl (C=O) groups is 1. The van der Waals surface area contributed by atoms with Crippen molar-refractivity contribution in [2.45, 2.75) is 24.5 Å². The molecule has 0 radical (unpaired) electrons. The highest BCUT2D eigenvalue weighted by molar-refractivity contribution is 7.92. The molecule has 0 saturated heterocycles. The summed E-state index contributed by atoms with van der Waals surface area (Å²) in [5.41, 5.74) is 2.16. The molecule has 174 valence electrons. The minimum atomic E-state index is -4.42. The third-order valence-electron chi connectivity index (χ3n) is 4.60. The van der Waals surface area contributed by atoms with E-state index in [1.807, 2.05) is 0 Å². The minimum absolute atomic E-state index is 0.0109. The Hall–Kier alpha value is -3.53. The number of hydrogen-bond acceptors (Lipinski definition) is 4. The molecule has 1 amide bonds. The van der Waals surface area contributed by atoms with E-state index in [0.29, 0.717) is 11.3 Å². The number of aryl methyl sites for hydroxylation is 1. The van der Waals surface area contributed by atoms with E-state index in [1.165, 1.54) is 36.4 Å². The van der Waals surface area contributed by atoms with Gasteiger partial charge in [0.1, 0.15) is 5.75 Å². The van der Waals surface area contributed by atoms with Crippen LogP contribution in [0.4, 0.5) is 18.9 Å². The van der Waals surface area contributed by atoms with Gasteiger partial charge in [0.05, 0.1) is 10.6 Å². The molecule has 0 aliphatic rings. The Balaban J connectivity index is 1.57. The zero-order chi connectivity index (χ0) is 24.1. The summed E-state index contributed by atoms with van der Waals surface area (Å²) in [6.07, 6.45) is -4.42. The zero-order valence-corrected chi connectivity index (χ0v) is 18.3. The predicted molar refractivity (Wildman–Crippen MR) is 118 cm³/mol. The number of halogens is 3. The van der Waals surface area contributed by atoms with Gasteiger partial charge in [0, 0.05) is 12.1 Å². The van der Waals surface area contributed by atoms with E-state index in [0.717, 1.165) is 5.56 Å². The van der Waals surface area contributed by atoms with E-state index in [-0.39, 0.29) is 22.8 Å². The monoisotopic (exact) mass is 478 g/mol. The van der Waals surface area contributed by atoms with Crippen LogP contribution in [0.25, 0.3) is 0 Å². The number of carbonyl (C=O) groups excluding carboxylic acids is 1. The Labute approximate surface area is 189 Å². The van der Waals surface area contributed by atoms with Gasteiger partial charge >= 0.3 is 6.18 Å². The van der Waals surface area contributed by atoms with Crippen LogP contribution >= 0.6 is 0 Å². The summed E-state index contributed by atoms with van der Waals surface area (Å²) in [6, 6.07) is 18.3. The van der Waals surface area contributed by atoms with Gasteiger partial charge in [-0.1, -0.05) is 30.3 Å². The number of amides is 1. The number of benzene rings is 3. The molecule has 0 heterocycles. The van der Waals surface area contributed by atoms with Gasteiger partial charge in [-0.15, -0.1) is 0 Å². The third kappa shape index (κ3) is 6.98. The van der Waals surface area contributed by atoms with E-state index in [9.17, 15) is 26.4 Å². The lowest BCUT2D eigenvalue weighted by molar-refractivity contribution is -0.153. The first kappa shape index (κ1) is 24.1. The van der Waals surface area contributed by atoms with Crippen LogP contribution in [-0.2, 0) is 16.6 Å². The van der Waals surface area contributed by atoms with Gasteiger partial charge in [-0.2, -0.15) is 13.2 Å². The Kier molecular flexibility index (Phi) is 7.27. The number of rotatable bonds is 8. The first-order valence-corrected chi connectivity index (χ1v) is 11.3. The van der Waals surface area contributed by atoms with Crippen molar-refractivity contribution in [2.24, 2.45) is 0 Å². The van der Waals surface area contributed by atoms with E-state index in [2.05, 4.69) is 14.8 Å². The van der Waals surface area contributed by atoms with Crippen LogP contribution in [0, 0.1) is 6.92 Å². The number of ether oxygens (including phenoxy) is 1. The maximum atomic E-state index is 12.6. The number of anilines is 1. The highest BCUT2D eigenvalue weighted by Gasteiger charge is 2.28. The van der Waals surface area contributed by atoms with Gasteiger partial charge in [0.25, 0.3) is 15.9 Å². The second kappa shape index (κ2) is 9.95. The molecule has 3 aromatic carbocycles. The van der Waals surface area contributed by atoms with Gasteiger partial charge in [0.15, 0.2) is 6.61 Å². The summed E-state index contributed by atoms with van der Waals surface area (Å²) in [5.74, 6) is -0.360. The van der Waals surface area contributed by atoms with Crippen LogP contribution in [0.3, 0.4) is 0 Å². The van der Waals surface area contributed by atoms with Crippen molar-refractivity contribution >= 4 is 21.6 Å². The number of nitrogens with one attached hydrogen (secondary N) is 2. The van der Waals surface area contributed by atoms with Crippen molar-refractivity contribution in [3.05, 3.63) is 89.5 Å². The fourth-order valence-corrected chi connectivity index (χ4v) is 3.96. The molecule has 6 nitrogen and oxygen atoms in total. The quantitative estimate of drug-likeness (QED) is 0.493. The number of hydrogen-bond donors (Lipinski definition) is 2. The normalized spacial score (nSPS) is 11.6. The van der Waals surface area contributed by atoms with Crippen molar-refractivity contribution in [3.63, 3.8) is 0 Å². The second-order valence-electron chi connectivity index (χ2n) is 7.18. The molecule has 2 N–H and O–H groups in total. The first-order valence-electron chi connectivity index (χ1n) is 9.79. The first-order chi connectivity index (χ1) is 15.5. The number of alkyl halides is 3. The largest absolute Gasteiger partial charge is 0.484 e. The minimum Gasteiger partial charge on any atom is -0.484 e. The highest BCUT2D eigenvalue weighted by Crippen LogP contribution is 2.20. The Morgan fingerprint density at radius 3 is 2.18 bits per heavy atom. The average Bonchev–Trinajstić information content (AvgIpc) is 2.78. The highest BCUT2D eigenvalue weighted by atomic mass is 32.2. The lowest BCUT2D eigenvalue weighted by Crippen LogP contribution is -2.23. The van der Waals surface area contributed by atoms with Crippen LogP contribution in [0.2, 0.25) is 0 Å². The maximum absolute atomic E-state index is 12.6. The lowest BCUT2D eigenvalue weighted by Gasteiger charge is -2.11. The fraction of sp³-hybridized carbons (Fsp3) is 0.174. The molecule has 33 heavy (non-hydrogen) atoms. The number of para-hydroxylation sites is 1. The van der Waals surface area contributed by atoms with Crippen LogP contribution in [0.1, 0.15) is 21.5 Å². The van der Waals surface area contributed by atoms with Crippen molar-refractivity contribution in [1.82, 2.24) is 5.32 Å². The Morgan fingerprint density at radius 2 is 1.58 bits per heavy atom. The van der Waals surface area contributed by atoms with E-state index >= 15 is 0 Å². The molecular formula is C23H21F3N2O4S. The molecule has 0 aliphatic carbocycles. The molecule has 3 rings (SSSR count). The van der Waals surface area contributed by atoms with E-state index in [4.69, 9.17) is 0 Å². The van der Waals surface area contributed by atoms with Crippen molar-refractivity contribution in [2.75, 3.05) is 11.3 Å². The average molecular weight is 478 g/mol. The summed E-state index contributed by atoms with van der Waals surface area (Å²) < 4.78 is 68.9. The summed E-state index contributed by atoms with van der Waals surface area (Å²) in [7, 11) is -3.82. The SMILES string of the molecule is Cc1ccccc1NS(=O)(=O)c1ccc(C(=O)NCc2ccc(OCC(F)(F)F)cc2)cc1. The zero-order valence-electron chi connectivity index (χ0n) is 17.5. The predicted octanol–water partition coefficient (Wildman–Crippen LogP) is 4.67. The smallest absolute Gasteiger partial charge is 0.422 e. The fourth-order valence-electron chi connectivity index (χ4n) is 2.83. The molecule has 0 unspecified atom stereocenters. The summed E-state index contributed by atoms with van der Waals surface area (Å²) in [5, 5.41) is 2.67. The molecule has 0 saturated carbocycles. The van der Waals surface area contributed by atoms with Crippen LogP contribution in [-0.4, -0.2) is 27.1 Å². The molecule has 0 aromatic heterocycles. The second-order valence-corrected chi connectivity index (χ2v) is 8.86. The van der Waals surface area contributed by atoms with Gasteiger partial charge in [-0.05, 0) is 60.5 Å². The Bertz CT molecular complexity index is 1210.